The molecule has 0 amide bonds. The molecule has 0 spiro atoms. The molecule has 4 heteroatoms. The molecule has 1 aliphatic rings. The average Bonchev–Trinajstić information content (AvgIpc) is 2.47. The number of anilines is 1. The number of hydrogen-bond donors (Lipinski definition) is 1. The highest BCUT2D eigenvalue weighted by Crippen LogP contribution is 2.40. The third-order valence-corrected chi connectivity index (χ3v) is 4.28. The van der Waals surface area contributed by atoms with Gasteiger partial charge < -0.3 is 5.73 Å². The van der Waals surface area contributed by atoms with Crippen molar-refractivity contribution in [2.24, 2.45) is 11.8 Å². The van der Waals surface area contributed by atoms with Gasteiger partial charge in [-0.05, 0) is 31.6 Å². The van der Waals surface area contributed by atoms with Crippen molar-refractivity contribution in [2.45, 2.75) is 46.1 Å². The Morgan fingerprint density at radius 2 is 1.88 bits per heavy atom. The monoisotopic (exact) mass is 241 g/mol. The van der Waals surface area contributed by atoms with Gasteiger partial charge in [0, 0.05) is 0 Å². The fourth-order valence-electron chi connectivity index (χ4n) is 2.92. The van der Waals surface area contributed by atoms with Crippen molar-refractivity contribution in [3.63, 3.8) is 0 Å². The smallest absolute Gasteiger partial charge is 0.141 e. The first-order valence-corrected chi connectivity index (χ1v) is 6.40. The Morgan fingerprint density at radius 3 is 2.31 bits per heavy atom. The molecular formula is C12H20ClN3. The molecule has 1 aliphatic carbocycles. The van der Waals surface area contributed by atoms with Gasteiger partial charge in [0.25, 0.3) is 0 Å². The largest absolute Gasteiger partial charge is 0.383 e. The molecule has 1 aromatic rings. The van der Waals surface area contributed by atoms with E-state index < -0.39 is 0 Å². The van der Waals surface area contributed by atoms with E-state index in [1.807, 2.05) is 11.6 Å². The van der Waals surface area contributed by atoms with Crippen LogP contribution in [0.2, 0.25) is 5.02 Å². The Hall–Kier alpha value is -0.700. The van der Waals surface area contributed by atoms with E-state index >= 15 is 0 Å². The molecule has 2 rings (SSSR count). The van der Waals surface area contributed by atoms with Crippen molar-refractivity contribution in [2.75, 3.05) is 5.73 Å². The summed E-state index contributed by atoms with van der Waals surface area (Å²) < 4.78 is 1.95. The van der Waals surface area contributed by atoms with Crippen LogP contribution in [0, 0.1) is 18.8 Å². The lowest BCUT2D eigenvalue weighted by Crippen LogP contribution is -2.29. The lowest BCUT2D eigenvalue weighted by Gasteiger charge is -2.35. The fraction of sp³-hybridized carbons (Fsp3) is 0.750. The molecule has 1 fully saturated rings. The van der Waals surface area contributed by atoms with E-state index in [9.17, 15) is 0 Å². The molecule has 90 valence electrons. The zero-order valence-corrected chi connectivity index (χ0v) is 11.0. The van der Waals surface area contributed by atoms with Crippen LogP contribution in [-0.4, -0.2) is 9.78 Å². The van der Waals surface area contributed by atoms with Gasteiger partial charge in [0.05, 0.1) is 11.7 Å². The summed E-state index contributed by atoms with van der Waals surface area (Å²) in [5.74, 6) is 1.88. The number of halogens is 1. The van der Waals surface area contributed by atoms with Crippen molar-refractivity contribution in [3.05, 3.63) is 10.7 Å². The van der Waals surface area contributed by atoms with Crippen LogP contribution in [0.25, 0.3) is 0 Å². The van der Waals surface area contributed by atoms with Gasteiger partial charge in [0.15, 0.2) is 0 Å². The number of aryl methyl sites for hydroxylation is 1. The van der Waals surface area contributed by atoms with Crippen LogP contribution in [0.1, 0.15) is 44.8 Å². The van der Waals surface area contributed by atoms with Crippen LogP contribution in [0.5, 0.6) is 0 Å². The zero-order valence-electron chi connectivity index (χ0n) is 10.2. The minimum absolute atomic E-state index is 0.403. The second kappa shape index (κ2) is 4.28. The highest BCUT2D eigenvalue weighted by Gasteiger charge is 2.31. The van der Waals surface area contributed by atoms with Crippen molar-refractivity contribution >= 4 is 17.4 Å². The molecule has 2 N–H and O–H groups in total. The number of hydrogen-bond acceptors (Lipinski definition) is 2. The van der Waals surface area contributed by atoms with Crippen molar-refractivity contribution < 1.29 is 0 Å². The molecule has 16 heavy (non-hydrogen) atoms. The van der Waals surface area contributed by atoms with E-state index in [4.69, 9.17) is 17.3 Å². The third kappa shape index (κ3) is 1.81. The van der Waals surface area contributed by atoms with Crippen LogP contribution in [-0.2, 0) is 0 Å². The lowest BCUT2D eigenvalue weighted by atomic mass is 9.79. The Bertz CT molecular complexity index is 376. The predicted octanol–water partition coefficient (Wildman–Crippen LogP) is 3.42. The molecule has 1 aromatic heterocycles. The molecule has 0 radical (unpaired) electrons. The maximum Gasteiger partial charge on any atom is 0.141 e. The summed E-state index contributed by atoms with van der Waals surface area (Å²) in [6, 6.07) is 0.403. The highest BCUT2D eigenvalue weighted by molar-refractivity contribution is 6.33. The average molecular weight is 242 g/mol. The first-order chi connectivity index (χ1) is 7.52. The normalized spacial score (nSPS) is 30.6. The molecule has 0 saturated heterocycles. The SMILES string of the molecule is Cc1nn(C2C(C)CCCC2C)c(N)c1Cl. The summed E-state index contributed by atoms with van der Waals surface area (Å²) in [6.45, 7) is 6.47. The number of nitrogens with zero attached hydrogens (tertiary/aromatic N) is 2. The van der Waals surface area contributed by atoms with E-state index in [2.05, 4.69) is 18.9 Å². The fourth-order valence-corrected chi connectivity index (χ4v) is 3.04. The number of rotatable bonds is 1. The Labute approximate surface area is 102 Å². The molecule has 1 heterocycles. The van der Waals surface area contributed by atoms with E-state index in [0.717, 1.165) is 5.69 Å². The van der Waals surface area contributed by atoms with E-state index in [1.165, 1.54) is 19.3 Å². The summed E-state index contributed by atoms with van der Waals surface area (Å²) in [5, 5.41) is 5.11. The zero-order chi connectivity index (χ0) is 11.9. The van der Waals surface area contributed by atoms with Gasteiger partial charge in [-0.3, -0.25) is 0 Å². The number of nitrogens with two attached hydrogens (primary N) is 1. The van der Waals surface area contributed by atoms with Gasteiger partial charge in [-0.15, -0.1) is 0 Å². The van der Waals surface area contributed by atoms with Gasteiger partial charge in [0.2, 0.25) is 0 Å². The maximum absolute atomic E-state index is 6.10. The second-order valence-corrected chi connectivity index (χ2v) is 5.48. The first kappa shape index (κ1) is 11.8. The summed E-state index contributed by atoms with van der Waals surface area (Å²) >= 11 is 6.10. The molecule has 3 nitrogen and oxygen atoms in total. The summed E-state index contributed by atoms with van der Waals surface area (Å²) in [5.41, 5.74) is 6.86. The van der Waals surface area contributed by atoms with Gasteiger partial charge in [-0.1, -0.05) is 31.9 Å². The molecule has 0 aromatic carbocycles. The lowest BCUT2D eigenvalue weighted by molar-refractivity contribution is 0.172. The van der Waals surface area contributed by atoms with E-state index in [-0.39, 0.29) is 0 Å². The maximum atomic E-state index is 6.10. The van der Waals surface area contributed by atoms with Crippen LogP contribution < -0.4 is 5.73 Å². The molecule has 1 saturated carbocycles. The van der Waals surface area contributed by atoms with Crippen molar-refractivity contribution in [1.82, 2.24) is 9.78 Å². The quantitative estimate of drug-likeness (QED) is 0.819. The number of nitrogen functional groups attached to an aromatic ring is 1. The van der Waals surface area contributed by atoms with Gasteiger partial charge in [-0.25, -0.2) is 4.68 Å². The number of aromatic nitrogens is 2. The first-order valence-electron chi connectivity index (χ1n) is 6.02. The molecule has 2 atom stereocenters. The third-order valence-electron chi connectivity index (χ3n) is 3.81. The Kier molecular flexibility index (Phi) is 3.15. The molecule has 0 aliphatic heterocycles. The van der Waals surface area contributed by atoms with Gasteiger partial charge in [0.1, 0.15) is 10.8 Å². The minimum Gasteiger partial charge on any atom is -0.383 e. The Balaban J connectivity index is 2.37. The summed E-state index contributed by atoms with van der Waals surface area (Å²) in [6.07, 6.45) is 3.82. The Morgan fingerprint density at radius 1 is 1.31 bits per heavy atom. The van der Waals surface area contributed by atoms with Crippen LogP contribution in [0.4, 0.5) is 5.82 Å². The summed E-state index contributed by atoms with van der Waals surface area (Å²) in [4.78, 5) is 0. The predicted molar refractivity (Wildman–Crippen MR) is 67.6 cm³/mol. The molecule has 2 unspecified atom stereocenters. The van der Waals surface area contributed by atoms with Gasteiger partial charge >= 0.3 is 0 Å². The van der Waals surface area contributed by atoms with Crippen LogP contribution in [0.3, 0.4) is 0 Å². The highest BCUT2D eigenvalue weighted by atomic mass is 35.5. The van der Waals surface area contributed by atoms with Crippen LogP contribution in [0.15, 0.2) is 0 Å². The second-order valence-electron chi connectivity index (χ2n) is 5.11. The molecular weight excluding hydrogens is 222 g/mol. The standard InChI is InChI=1S/C12H20ClN3/c1-7-5-4-6-8(2)11(7)16-12(14)10(13)9(3)15-16/h7-8,11H,4-6,14H2,1-3H3. The van der Waals surface area contributed by atoms with Crippen LogP contribution >= 0.6 is 11.6 Å². The van der Waals surface area contributed by atoms with Gasteiger partial charge in [-0.2, -0.15) is 5.10 Å². The van der Waals surface area contributed by atoms with Crippen molar-refractivity contribution in [3.8, 4) is 0 Å². The van der Waals surface area contributed by atoms with Crippen molar-refractivity contribution in [1.29, 1.82) is 0 Å². The minimum atomic E-state index is 0.403. The molecule has 0 bridgehead atoms. The van der Waals surface area contributed by atoms with E-state index in [0.29, 0.717) is 28.7 Å². The van der Waals surface area contributed by atoms with E-state index in [1.54, 1.807) is 0 Å². The summed E-state index contributed by atoms with van der Waals surface area (Å²) in [7, 11) is 0. The topological polar surface area (TPSA) is 43.8 Å².